The molecule has 2 rings (SSSR count). The summed E-state index contributed by atoms with van der Waals surface area (Å²) in [6.07, 6.45) is 2.06. The second-order valence-electron chi connectivity index (χ2n) is 5.67. The Balaban J connectivity index is 0.00000106. The normalized spacial score (nSPS) is 10.8. The van der Waals surface area contributed by atoms with Gasteiger partial charge < -0.3 is 4.74 Å². The topological polar surface area (TPSA) is 39.2 Å². The quantitative estimate of drug-likeness (QED) is 0.766. The maximum absolute atomic E-state index is 11.9. The molecule has 0 aliphatic carbocycles. The minimum absolute atomic E-state index is 0.200. The molecule has 3 heteroatoms. The Morgan fingerprint density at radius 1 is 1.14 bits per heavy atom. The minimum atomic E-state index is -0.445. The van der Waals surface area contributed by atoms with E-state index in [-0.39, 0.29) is 12.4 Å². The van der Waals surface area contributed by atoms with Gasteiger partial charge in [-0.2, -0.15) is 0 Å². The summed E-state index contributed by atoms with van der Waals surface area (Å²) in [4.78, 5) is 16.2. The van der Waals surface area contributed by atoms with E-state index in [2.05, 4.69) is 4.98 Å². The summed E-state index contributed by atoms with van der Waals surface area (Å²) in [5.74, 6) is -0.200. The molecule has 114 valence electrons. The fourth-order valence-electron chi connectivity index (χ4n) is 2.11. The van der Waals surface area contributed by atoms with Gasteiger partial charge in [-0.3, -0.25) is 9.78 Å². The number of ether oxygens (including phenoxy) is 1. The number of esters is 1. The van der Waals surface area contributed by atoms with Crippen LogP contribution in [0.5, 0.6) is 0 Å². The van der Waals surface area contributed by atoms with Crippen LogP contribution in [0, 0.1) is 6.92 Å². The van der Waals surface area contributed by atoms with Gasteiger partial charge in [-0.1, -0.05) is 32.0 Å². The number of rotatable bonds is 2. The first-order valence-corrected chi connectivity index (χ1v) is 7.42. The van der Waals surface area contributed by atoms with Crippen LogP contribution in [0.1, 0.15) is 45.9 Å². The zero-order chi connectivity index (χ0) is 16.0. The minimum Gasteiger partial charge on any atom is -0.460 e. The van der Waals surface area contributed by atoms with Gasteiger partial charge in [0.1, 0.15) is 5.60 Å². The van der Waals surface area contributed by atoms with Crippen LogP contribution in [0.15, 0.2) is 30.5 Å². The molecule has 1 aromatic heterocycles. The molecule has 3 nitrogen and oxygen atoms in total. The van der Waals surface area contributed by atoms with Gasteiger partial charge in [-0.05, 0) is 44.7 Å². The van der Waals surface area contributed by atoms with Gasteiger partial charge >= 0.3 is 5.97 Å². The van der Waals surface area contributed by atoms with Gasteiger partial charge in [0, 0.05) is 17.3 Å². The van der Waals surface area contributed by atoms with E-state index in [0.717, 1.165) is 22.0 Å². The van der Waals surface area contributed by atoms with E-state index in [1.54, 1.807) is 6.20 Å². The lowest BCUT2D eigenvalue weighted by Crippen LogP contribution is -2.24. The summed E-state index contributed by atoms with van der Waals surface area (Å²) in [5, 5.41) is 2.16. The highest BCUT2D eigenvalue weighted by Crippen LogP contribution is 2.21. The van der Waals surface area contributed by atoms with Crippen molar-refractivity contribution in [3.8, 4) is 0 Å². The van der Waals surface area contributed by atoms with E-state index in [9.17, 15) is 4.79 Å². The first-order chi connectivity index (χ1) is 9.87. The van der Waals surface area contributed by atoms with Crippen LogP contribution in [0.3, 0.4) is 0 Å². The SMILES string of the molecule is CC.Cc1nccc2c(CC(=O)OC(C)(C)C)cccc12. The number of hydrogen-bond acceptors (Lipinski definition) is 3. The largest absolute Gasteiger partial charge is 0.460 e. The summed E-state index contributed by atoms with van der Waals surface area (Å²) < 4.78 is 5.37. The Hall–Kier alpha value is -1.90. The van der Waals surface area contributed by atoms with E-state index in [1.165, 1.54) is 0 Å². The number of aryl methyl sites for hydroxylation is 1. The zero-order valence-electron chi connectivity index (χ0n) is 13.9. The molecule has 0 saturated carbocycles. The van der Waals surface area contributed by atoms with Crippen molar-refractivity contribution in [2.24, 2.45) is 0 Å². The summed E-state index contributed by atoms with van der Waals surface area (Å²) in [6, 6.07) is 7.89. The standard InChI is InChI=1S/C16H19NO2.C2H6/c1-11-13-7-5-6-12(14(13)8-9-17-11)10-15(18)19-16(2,3)4;1-2/h5-9H,10H2,1-4H3;1-2H3. The molecule has 0 saturated heterocycles. The highest BCUT2D eigenvalue weighted by Gasteiger charge is 2.17. The van der Waals surface area contributed by atoms with Gasteiger partial charge in [0.05, 0.1) is 6.42 Å². The van der Waals surface area contributed by atoms with Crippen molar-refractivity contribution in [3.05, 3.63) is 41.7 Å². The van der Waals surface area contributed by atoms with Crippen molar-refractivity contribution < 1.29 is 9.53 Å². The molecule has 0 spiro atoms. The summed E-state index contributed by atoms with van der Waals surface area (Å²) in [7, 11) is 0. The number of carbonyl (C=O) groups is 1. The molecule has 1 heterocycles. The van der Waals surface area contributed by atoms with E-state index in [4.69, 9.17) is 4.74 Å². The maximum atomic E-state index is 11.9. The first kappa shape index (κ1) is 17.2. The Labute approximate surface area is 127 Å². The third kappa shape index (κ3) is 4.85. The van der Waals surface area contributed by atoms with Crippen molar-refractivity contribution in [2.45, 2.75) is 53.6 Å². The number of carbonyl (C=O) groups excluding carboxylic acids is 1. The van der Waals surface area contributed by atoms with Crippen molar-refractivity contribution in [3.63, 3.8) is 0 Å². The van der Waals surface area contributed by atoms with E-state index in [1.807, 2.05) is 65.8 Å². The first-order valence-electron chi connectivity index (χ1n) is 7.42. The highest BCUT2D eigenvalue weighted by molar-refractivity contribution is 5.90. The third-order valence-corrected chi connectivity index (χ3v) is 2.85. The van der Waals surface area contributed by atoms with Crippen LogP contribution < -0.4 is 0 Å². The number of aromatic nitrogens is 1. The predicted molar refractivity (Wildman–Crippen MR) is 87.4 cm³/mol. The number of pyridine rings is 1. The second-order valence-corrected chi connectivity index (χ2v) is 5.67. The number of fused-ring (bicyclic) bond motifs is 1. The van der Waals surface area contributed by atoms with Gasteiger partial charge in [0.2, 0.25) is 0 Å². The molecule has 0 bridgehead atoms. The number of hydrogen-bond donors (Lipinski definition) is 0. The van der Waals surface area contributed by atoms with Crippen molar-refractivity contribution >= 4 is 16.7 Å². The van der Waals surface area contributed by atoms with Crippen molar-refractivity contribution in [1.82, 2.24) is 4.98 Å². The molecule has 2 aromatic rings. The Bertz CT molecular complexity index is 612. The van der Waals surface area contributed by atoms with Crippen LogP contribution in [-0.4, -0.2) is 16.6 Å². The van der Waals surface area contributed by atoms with E-state index < -0.39 is 5.60 Å². The van der Waals surface area contributed by atoms with Crippen LogP contribution in [-0.2, 0) is 16.0 Å². The van der Waals surface area contributed by atoms with Crippen LogP contribution in [0.25, 0.3) is 10.8 Å². The predicted octanol–water partition coefficient (Wildman–Crippen LogP) is 4.45. The molecule has 21 heavy (non-hydrogen) atoms. The average molecular weight is 287 g/mol. The fraction of sp³-hybridized carbons (Fsp3) is 0.444. The monoisotopic (exact) mass is 287 g/mol. The van der Waals surface area contributed by atoms with E-state index >= 15 is 0 Å². The fourth-order valence-corrected chi connectivity index (χ4v) is 2.11. The van der Waals surface area contributed by atoms with Crippen LogP contribution >= 0.6 is 0 Å². The Morgan fingerprint density at radius 2 is 1.81 bits per heavy atom. The molecule has 0 N–H and O–H groups in total. The summed E-state index contributed by atoms with van der Waals surface area (Å²) >= 11 is 0. The van der Waals surface area contributed by atoms with Crippen molar-refractivity contribution in [2.75, 3.05) is 0 Å². The molecule has 0 aliphatic heterocycles. The third-order valence-electron chi connectivity index (χ3n) is 2.85. The molecule has 0 amide bonds. The maximum Gasteiger partial charge on any atom is 0.310 e. The lowest BCUT2D eigenvalue weighted by molar-refractivity contribution is -0.153. The molecular weight excluding hydrogens is 262 g/mol. The average Bonchev–Trinajstić information content (AvgIpc) is 2.40. The Morgan fingerprint density at radius 3 is 2.43 bits per heavy atom. The van der Waals surface area contributed by atoms with Crippen LogP contribution in [0.2, 0.25) is 0 Å². The van der Waals surface area contributed by atoms with Crippen LogP contribution in [0.4, 0.5) is 0 Å². The zero-order valence-corrected chi connectivity index (χ0v) is 13.9. The Kier molecular flexibility index (Phi) is 5.89. The molecule has 0 fully saturated rings. The van der Waals surface area contributed by atoms with Gasteiger partial charge in [0.25, 0.3) is 0 Å². The second kappa shape index (κ2) is 7.21. The molecule has 1 aromatic carbocycles. The molecular formula is C18H25NO2. The smallest absolute Gasteiger partial charge is 0.310 e. The molecule has 0 atom stereocenters. The summed E-state index contributed by atoms with van der Waals surface area (Å²) in [6.45, 7) is 11.6. The number of nitrogens with zero attached hydrogens (tertiary/aromatic N) is 1. The van der Waals surface area contributed by atoms with Gasteiger partial charge in [-0.25, -0.2) is 0 Å². The molecule has 0 aliphatic rings. The lowest BCUT2D eigenvalue weighted by atomic mass is 10.0. The number of benzene rings is 1. The van der Waals surface area contributed by atoms with Crippen molar-refractivity contribution in [1.29, 1.82) is 0 Å². The van der Waals surface area contributed by atoms with E-state index in [0.29, 0.717) is 0 Å². The lowest BCUT2D eigenvalue weighted by Gasteiger charge is -2.19. The van der Waals surface area contributed by atoms with Gasteiger partial charge in [0.15, 0.2) is 0 Å². The summed E-state index contributed by atoms with van der Waals surface area (Å²) in [5.41, 5.74) is 1.51. The molecule has 0 unspecified atom stereocenters. The van der Waals surface area contributed by atoms with Gasteiger partial charge in [-0.15, -0.1) is 0 Å². The highest BCUT2D eigenvalue weighted by atomic mass is 16.6. The molecule has 0 radical (unpaired) electrons.